The van der Waals surface area contributed by atoms with E-state index in [1.165, 1.54) is 24.3 Å². The van der Waals surface area contributed by atoms with E-state index in [4.69, 9.17) is 0 Å². The van der Waals surface area contributed by atoms with Gasteiger partial charge in [0.2, 0.25) is 11.8 Å². The van der Waals surface area contributed by atoms with Crippen molar-refractivity contribution in [3.05, 3.63) is 59.4 Å². The molecule has 0 aliphatic rings. The smallest absolute Gasteiger partial charge is 0.239 e. The van der Waals surface area contributed by atoms with Gasteiger partial charge in [0.1, 0.15) is 11.2 Å². The van der Waals surface area contributed by atoms with Gasteiger partial charge in [-0.15, -0.1) is 0 Å². The lowest BCUT2D eigenvalue weighted by Gasteiger charge is -2.24. The molecule has 0 aliphatic heterocycles. The number of anilines is 2. The third kappa shape index (κ3) is 4.24. The average Bonchev–Trinajstić information content (AvgIpc) is 2.58. The van der Waals surface area contributed by atoms with Crippen molar-refractivity contribution in [3.63, 3.8) is 0 Å². The van der Waals surface area contributed by atoms with Gasteiger partial charge in [0.25, 0.3) is 0 Å². The molecule has 0 atom stereocenters. The van der Waals surface area contributed by atoms with Gasteiger partial charge in [0.15, 0.2) is 0 Å². The second-order valence-corrected chi connectivity index (χ2v) is 6.50. The summed E-state index contributed by atoms with van der Waals surface area (Å²) in [6, 6.07) is 11.2. The Bertz CT molecular complexity index is 783. The summed E-state index contributed by atoms with van der Waals surface area (Å²) in [4.78, 5) is 25.2. The predicted molar refractivity (Wildman–Crippen MR) is 98.0 cm³/mol. The molecule has 0 aromatic heterocycles. The fourth-order valence-electron chi connectivity index (χ4n) is 2.40. The van der Waals surface area contributed by atoms with E-state index in [1.54, 1.807) is 13.8 Å². The quantitative estimate of drug-likeness (QED) is 0.796. The van der Waals surface area contributed by atoms with E-state index in [2.05, 4.69) is 10.6 Å². The van der Waals surface area contributed by atoms with Gasteiger partial charge < -0.3 is 10.6 Å². The first-order valence-electron chi connectivity index (χ1n) is 8.22. The molecule has 0 saturated carbocycles. The fraction of sp³-hybridized carbons (Fsp3) is 0.300. The molecule has 0 saturated heterocycles. The first-order chi connectivity index (χ1) is 11.8. The van der Waals surface area contributed by atoms with E-state index < -0.39 is 17.2 Å². The van der Waals surface area contributed by atoms with E-state index in [0.29, 0.717) is 5.69 Å². The molecule has 0 fully saturated rings. The summed E-state index contributed by atoms with van der Waals surface area (Å²) in [5.74, 6) is -1.24. The summed E-state index contributed by atoms with van der Waals surface area (Å²) < 4.78 is 13.0. The molecule has 25 heavy (non-hydrogen) atoms. The zero-order valence-corrected chi connectivity index (χ0v) is 14.9. The Morgan fingerprint density at radius 2 is 1.60 bits per heavy atom. The number of carbonyl (C=O) groups is 2. The van der Waals surface area contributed by atoms with Gasteiger partial charge in [0.05, 0.1) is 0 Å². The van der Waals surface area contributed by atoms with Crippen LogP contribution in [0.3, 0.4) is 0 Å². The molecule has 0 aliphatic carbocycles. The van der Waals surface area contributed by atoms with Crippen LogP contribution in [-0.4, -0.2) is 11.8 Å². The molecule has 0 bridgehead atoms. The van der Waals surface area contributed by atoms with Gasteiger partial charge in [-0.1, -0.05) is 25.1 Å². The van der Waals surface area contributed by atoms with Crippen molar-refractivity contribution >= 4 is 23.2 Å². The number of benzene rings is 2. The number of hydrogen-bond donors (Lipinski definition) is 2. The summed E-state index contributed by atoms with van der Waals surface area (Å²) in [6.07, 6.45) is 0.777. The molecule has 4 nitrogen and oxygen atoms in total. The summed E-state index contributed by atoms with van der Waals surface area (Å²) in [7, 11) is 0. The maximum Gasteiger partial charge on any atom is 0.239 e. The Kier molecular flexibility index (Phi) is 5.57. The van der Waals surface area contributed by atoms with Crippen LogP contribution in [0.1, 0.15) is 31.9 Å². The van der Waals surface area contributed by atoms with Crippen molar-refractivity contribution in [1.29, 1.82) is 0 Å². The van der Waals surface area contributed by atoms with E-state index >= 15 is 0 Å². The van der Waals surface area contributed by atoms with Crippen molar-refractivity contribution in [2.45, 2.75) is 34.1 Å². The standard InChI is InChI=1S/C20H23FN2O2/c1-5-14-8-6-7-13(2)17(14)23-19(25)20(3,4)18(24)22-16-11-9-15(21)10-12-16/h6-12H,5H2,1-4H3,(H,22,24)(H,23,25). The summed E-state index contributed by atoms with van der Waals surface area (Å²) >= 11 is 0. The molecule has 0 unspecified atom stereocenters. The van der Waals surface area contributed by atoms with E-state index in [9.17, 15) is 14.0 Å². The summed E-state index contributed by atoms with van der Waals surface area (Å²) in [5.41, 5.74) is 1.86. The fourth-order valence-corrected chi connectivity index (χ4v) is 2.40. The lowest BCUT2D eigenvalue weighted by molar-refractivity contribution is -0.135. The van der Waals surface area contributed by atoms with Crippen LogP contribution in [0.5, 0.6) is 0 Å². The van der Waals surface area contributed by atoms with Gasteiger partial charge in [-0.05, 0) is 62.6 Å². The minimum absolute atomic E-state index is 0.387. The van der Waals surface area contributed by atoms with Crippen LogP contribution >= 0.6 is 0 Å². The highest BCUT2D eigenvalue weighted by atomic mass is 19.1. The second kappa shape index (κ2) is 7.47. The second-order valence-electron chi connectivity index (χ2n) is 6.50. The number of aryl methyl sites for hydroxylation is 2. The molecule has 5 heteroatoms. The Balaban J connectivity index is 2.16. The monoisotopic (exact) mass is 342 g/mol. The molecule has 2 aromatic rings. The Morgan fingerprint density at radius 3 is 2.20 bits per heavy atom. The third-order valence-electron chi connectivity index (χ3n) is 4.22. The lowest BCUT2D eigenvalue weighted by Crippen LogP contribution is -2.41. The number of hydrogen-bond acceptors (Lipinski definition) is 2. The van der Waals surface area contributed by atoms with Crippen molar-refractivity contribution in [3.8, 4) is 0 Å². The number of carbonyl (C=O) groups excluding carboxylic acids is 2. The number of halogens is 1. The first kappa shape index (κ1) is 18.6. The molecule has 0 radical (unpaired) electrons. The highest BCUT2D eigenvalue weighted by Crippen LogP contribution is 2.26. The molecular formula is C20H23FN2O2. The topological polar surface area (TPSA) is 58.2 Å². The van der Waals surface area contributed by atoms with Gasteiger partial charge in [-0.2, -0.15) is 0 Å². The van der Waals surface area contributed by atoms with Gasteiger partial charge in [0, 0.05) is 11.4 Å². The van der Waals surface area contributed by atoms with E-state index in [0.717, 1.165) is 23.2 Å². The van der Waals surface area contributed by atoms with Crippen LogP contribution in [-0.2, 0) is 16.0 Å². The molecule has 0 heterocycles. The Hall–Kier alpha value is -2.69. The number of amides is 2. The van der Waals surface area contributed by atoms with E-state index in [1.807, 2.05) is 32.0 Å². The summed E-state index contributed by atoms with van der Waals surface area (Å²) in [5, 5.41) is 5.54. The molecular weight excluding hydrogens is 319 g/mol. The SMILES string of the molecule is CCc1cccc(C)c1NC(=O)C(C)(C)C(=O)Nc1ccc(F)cc1. The molecule has 2 aromatic carbocycles. The number of nitrogens with one attached hydrogen (secondary N) is 2. The van der Waals surface area contributed by atoms with Gasteiger partial charge >= 0.3 is 0 Å². The zero-order valence-electron chi connectivity index (χ0n) is 14.9. The molecule has 2 rings (SSSR count). The normalized spacial score (nSPS) is 11.1. The largest absolute Gasteiger partial charge is 0.325 e. The van der Waals surface area contributed by atoms with Crippen molar-refractivity contribution in [2.24, 2.45) is 5.41 Å². The molecule has 0 spiro atoms. The number of para-hydroxylation sites is 1. The maximum atomic E-state index is 13.0. The van der Waals surface area contributed by atoms with Crippen molar-refractivity contribution < 1.29 is 14.0 Å². The van der Waals surface area contributed by atoms with Crippen molar-refractivity contribution in [1.82, 2.24) is 0 Å². The molecule has 2 amide bonds. The van der Waals surface area contributed by atoms with Crippen LogP contribution in [0.2, 0.25) is 0 Å². The lowest BCUT2D eigenvalue weighted by atomic mass is 9.90. The first-order valence-corrected chi connectivity index (χ1v) is 8.22. The predicted octanol–water partition coefficient (Wildman–Crippen LogP) is 4.30. The highest BCUT2D eigenvalue weighted by Gasteiger charge is 2.36. The highest BCUT2D eigenvalue weighted by molar-refractivity contribution is 6.14. The Morgan fingerprint density at radius 1 is 1.00 bits per heavy atom. The van der Waals surface area contributed by atoms with Crippen LogP contribution in [0.25, 0.3) is 0 Å². The van der Waals surface area contributed by atoms with Crippen LogP contribution in [0.15, 0.2) is 42.5 Å². The van der Waals surface area contributed by atoms with Gasteiger partial charge in [-0.3, -0.25) is 9.59 Å². The minimum Gasteiger partial charge on any atom is -0.325 e. The van der Waals surface area contributed by atoms with Crippen molar-refractivity contribution in [2.75, 3.05) is 10.6 Å². The Labute approximate surface area is 147 Å². The van der Waals surface area contributed by atoms with Crippen LogP contribution in [0, 0.1) is 18.2 Å². The minimum atomic E-state index is -1.29. The average molecular weight is 342 g/mol. The molecule has 2 N–H and O–H groups in total. The third-order valence-corrected chi connectivity index (χ3v) is 4.22. The van der Waals surface area contributed by atoms with Crippen LogP contribution in [0.4, 0.5) is 15.8 Å². The number of rotatable bonds is 5. The zero-order chi connectivity index (χ0) is 18.6. The van der Waals surface area contributed by atoms with Crippen LogP contribution < -0.4 is 10.6 Å². The van der Waals surface area contributed by atoms with Gasteiger partial charge in [-0.25, -0.2) is 4.39 Å². The van der Waals surface area contributed by atoms with E-state index in [-0.39, 0.29) is 5.82 Å². The summed E-state index contributed by atoms with van der Waals surface area (Å²) in [6.45, 7) is 7.05. The maximum absolute atomic E-state index is 13.0. The molecule has 132 valence electrons.